The fourth-order valence-electron chi connectivity index (χ4n) is 3.38. The van der Waals surface area contributed by atoms with Gasteiger partial charge in [-0.2, -0.15) is 0 Å². The first-order chi connectivity index (χ1) is 12.8. The van der Waals surface area contributed by atoms with Crippen LogP contribution >= 0.6 is 34.4 Å². The number of fused-ring (bicyclic) bond motifs is 5. The summed E-state index contributed by atoms with van der Waals surface area (Å²) >= 11 is 5.51. The maximum Gasteiger partial charge on any atom is 0.151 e. The van der Waals surface area contributed by atoms with Crippen LogP contribution in [0.5, 0.6) is 0 Å². The predicted octanol–water partition coefficient (Wildman–Crippen LogP) is 7.82. The van der Waals surface area contributed by atoms with Crippen molar-refractivity contribution < 1.29 is 0 Å². The Bertz CT molecular complexity index is 1030. The third-order valence-electron chi connectivity index (χ3n) is 4.72. The molecule has 0 aliphatic carbocycles. The van der Waals surface area contributed by atoms with Crippen molar-refractivity contribution in [2.75, 3.05) is 5.75 Å². The van der Waals surface area contributed by atoms with Crippen molar-refractivity contribution in [1.29, 1.82) is 0 Å². The van der Waals surface area contributed by atoms with Crippen LogP contribution in [0.25, 0.3) is 31.2 Å². The molecular formula is C21H24N2S3. The van der Waals surface area contributed by atoms with E-state index in [2.05, 4.69) is 38.1 Å². The van der Waals surface area contributed by atoms with Gasteiger partial charge in [0.15, 0.2) is 4.34 Å². The summed E-state index contributed by atoms with van der Waals surface area (Å²) in [6.45, 7) is 4.35. The molecule has 2 nitrogen and oxygen atoms in total. The van der Waals surface area contributed by atoms with Gasteiger partial charge in [0.1, 0.15) is 0 Å². The van der Waals surface area contributed by atoms with Crippen LogP contribution < -0.4 is 0 Å². The molecular weight excluding hydrogens is 376 g/mol. The molecule has 0 bridgehead atoms. The fourth-order valence-corrected chi connectivity index (χ4v) is 6.37. The van der Waals surface area contributed by atoms with Crippen LogP contribution in [0.1, 0.15) is 50.5 Å². The number of aromatic nitrogens is 2. The standard InChI is InChI=1S/C21H24N2S3/c1-3-4-5-6-7-8-13-24-21-23-20-16-9-11-17-19(22-14(2)25-17)15(16)10-12-18(20)26-21/h9-12H,3-8,13H2,1-2H3. The number of rotatable bonds is 8. The molecule has 0 unspecified atom stereocenters. The number of thiazole rings is 2. The van der Waals surface area contributed by atoms with E-state index in [1.54, 1.807) is 11.3 Å². The zero-order chi connectivity index (χ0) is 17.9. The highest BCUT2D eigenvalue weighted by Gasteiger charge is 2.12. The number of hydrogen-bond acceptors (Lipinski definition) is 5. The summed E-state index contributed by atoms with van der Waals surface area (Å²) < 4.78 is 3.76. The minimum atomic E-state index is 1.13. The first-order valence-corrected chi connectivity index (χ1v) is 12.1. The Balaban J connectivity index is 1.51. The molecule has 0 fully saturated rings. The maximum absolute atomic E-state index is 4.96. The monoisotopic (exact) mass is 400 g/mol. The van der Waals surface area contributed by atoms with Crippen LogP contribution in [0.15, 0.2) is 28.6 Å². The molecule has 4 aromatic rings. The Kier molecular flexibility index (Phi) is 5.77. The molecule has 0 atom stereocenters. The molecule has 0 radical (unpaired) electrons. The number of hydrogen-bond donors (Lipinski definition) is 0. The summed E-state index contributed by atoms with van der Waals surface area (Å²) in [5, 5.41) is 3.60. The van der Waals surface area contributed by atoms with Gasteiger partial charge in [-0.1, -0.05) is 62.9 Å². The summed E-state index contributed by atoms with van der Waals surface area (Å²) in [6, 6.07) is 8.86. The smallest absolute Gasteiger partial charge is 0.151 e. The molecule has 5 heteroatoms. The highest BCUT2D eigenvalue weighted by molar-refractivity contribution is 8.01. The van der Waals surface area contributed by atoms with Crippen molar-refractivity contribution in [1.82, 2.24) is 9.97 Å². The molecule has 0 aliphatic rings. The number of unbranched alkanes of at least 4 members (excludes halogenated alkanes) is 5. The molecule has 0 spiro atoms. The molecule has 4 rings (SSSR count). The quantitative estimate of drug-likeness (QED) is 0.223. The number of aryl methyl sites for hydroxylation is 1. The zero-order valence-corrected chi connectivity index (χ0v) is 17.8. The average molecular weight is 401 g/mol. The molecule has 0 amide bonds. The van der Waals surface area contributed by atoms with E-state index in [0.717, 1.165) is 16.0 Å². The topological polar surface area (TPSA) is 25.8 Å². The Morgan fingerprint density at radius 3 is 2.23 bits per heavy atom. The molecule has 2 heterocycles. The van der Waals surface area contributed by atoms with E-state index in [4.69, 9.17) is 9.97 Å². The van der Waals surface area contributed by atoms with Crippen LogP contribution in [0.3, 0.4) is 0 Å². The third kappa shape index (κ3) is 3.75. The van der Waals surface area contributed by atoms with E-state index in [-0.39, 0.29) is 0 Å². The molecule has 2 aromatic carbocycles. The van der Waals surface area contributed by atoms with Crippen LogP contribution in [0.2, 0.25) is 0 Å². The van der Waals surface area contributed by atoms with Gasteiger partial charge in [-0.3, -0.25) is 0 Å². The molecule has 0 aliphatic heterocycles. The number of thioether (sulfide) groups is 1. The summed E-state index contributed by atoms with van der Waals surface area (Å²) in [4.78, 5) is 9.69. The van der Waals surface area contributed by atoms with Gasteiger partial charge in [0.05, 0.1) is 25.4 Å². The second kappa shape index (κ2) is 8.24. The summed E-state index contributed by atoms with van der Waals surface area (Å²) in [6.07, 6.45) is 8.11. The van der Waals surface area contributed by atoms with Gasteiger partial charge in [0, 0.05) is 16.5 Å². The van der Waals surface area contributed by atoms with Gasteiger partial charge in [-0.05, 0) is 25.5 Å². The highest BCUT2D eigenvalue weighted by Crippen LogP contribution is 2.37. The largest absolute Gasteiger partial charge is 0.241 e. The van der Waals surface area contributed by atoms with E-state index in [9.17, 15) is 0 Å². The average Bonchev–Trinajstić information content (AvgIpc) is 3.22. The second-order valence-electron chi connectivity index (χ2n) is 6.75. The molecule has 0 saturated heterocycles. The van der Waals surface area contributed by atoms with Crippen molar-refractivity contribution in [3.63, 3.8) is 0 Å². The molecule has 136 valence electrons. The molecule has 2 aromatic heterocycles. The minimum absolute atomic E-state index is 1.13. The maximum atomic E-state index is 4.96. The molecule has 26 heavy (non-hydrogen) atoms. The molecule has 0 saturated carbocycles. The number of nitrogens with zero attached hydrogens (tertiary/aromatic N) is 2. The lowest BCUT2D eigenvalue weighted by Crippen LogP contribution is -1.82. The van der Waals surface area contributed by atoms with E-state index in [1.807, 2.05) is 23.1 Å². The first-order valence-electron chi connectivity index (χ1n) is 9.48. The van der Waals surface area contributed by atoms with Crippen molar-refractivity contribution >= 4 is 65.6 Å². The predicted molar refractivity (Wildman–Crippen MR) is 119 cm³/mol. The fraction of sp³-hybridized carbons (Fsp3) is 0.429. The van der Waals surface area contributed by atoms with E-state index in [1.165, 1.54) is 68.8 Å². The Morgan fingerprint density at radius 1 is 0.808 bits per heavy atom. The summed E-state index contributed by atoms with van der Waals surface area (Å²) in [5.41, 5.74) is 2.27. The van der Waals surface area contributed by atoms with Crippen molar-refractivity contribution in [3.8, 4) is 0 Å². The van der Waals surface area contributed by atoms with Crippen LogP contribution in [0, 0.1) is 6.92 Å². The number of benzene rings is 2. The van der Waals surface area contributed by atoms with Gasteiger partial charge < -0.3 is 0 Å². The van der Waals surface area contributed by atoms with Crippen LogP contribution in [0.4, 0.5) is 0 Å². The second-order valence-corrected chi connectivity index (χ2v) is 10.4. The lowest BCUT2D eigenvalue weighted by Gasteiger charge is -1.99. The van der Waals surface area contributed by atoms with E-state index >= 15 is 0 Å². The lowest BCUT2D eigenvalue weighted by molar-refractivity contribution is 0.627. The lowest BCUT2D eigenvalue weighted by atomic mass is 10.1. The highest BCUT2D eigenvalue weighted by atomic mass is 32.2. The van der Waals surface area contributed by atoms with Crippen molar-refractivity contribution in [2.24, 2.45) is 0 Å². The first kappa shape index (κ1) is 18.2. The van der Waals surface area contributed by atoms with Crippen molar-refractivity contribution in [3.05, 3.63) is 29.3 Å². The van der Waals surface area contributed by atoms with E-state index in [0.29, 0.717) is 0 Å². The normalized spacial score (nSPS) is 11.9. The SMILES string of the molecule is CCCCCCCCSc1nc2c(ccc3c2ccc2sc(C)nc23)s1. The van der Waals surface area contributed by atoms with Gasteiger partial charge >= 0.3 is 0 Å². The third-order valence-corrected chi connectivity index (χ3v) is 7.91. The van der Waals surface area contributed by atoms with E-state index < -0.39 is 0 Å². The van der Waals surface area contributed by atoms with Gasteiger partial charge in [0.25, 0.3) is 0 Å². The van der Waals surface area contributed by atoms with Gasteiger partial charge in [0.2, 0.25) is 0 Å². The Labute approximate surface area is 167 Å². The Morgan fingerprint density at radius 2 is 1.46 bits per heavy atom. The van der Waals surface area contributed by atoms with Crippen molar-refractivity contribution in [2.45, 2.75) is 56.7 Å². The van der Waals surface area contributed by atoms with Crippen LogP contribution in [-0.2, 0) is 0 Å². The summed E-state index contributed by atoms with van der Waals surface area (Å²) in [5.74, 6) is 1.18. The Hall–Kier alpha value is -1.17. The minimum Gasteiger partial charge on any atom is -0.241 e. The van der Waals surface area contributed by atoms with Crippen LogP contribution in [-0.4, -0.2) is 15.7 Å². The van der Waals surface area contributed by atoms with Gasteiger partial charge in [-0.25, -0.2) is 9.97 Å². The van der Waals surface area contributed by atoms with Gasteiger partial charge in [-0.15, -0.1) is 22.7 Å². The summed E-state index contributed by atoms with van der Waals surface area (Å²) in [7, 11) is 0. The molecule has 0 N–H and O–H groups in total. The zero-order valence-electron chi connectivity index (χ0n) is 15.4.